The van der Waals surface area contributed by atoms with Gasteiger partial charge in [0.25, 0.3) is 15.9 Å². The molecule has 1 N–H and O–H groups in total. The average Bonchev–Trinajstić information content (AvgIpc) is 2.90. The molecule has 7 heteroatoms. The standard InChI is InChI=1S/C23H27FN2O3S/c1-22(2)12-19-13-23(3,14-22)15-26(19)21(27)16-4-8-18(9-5-16)25-30(28,29)20-10-6-17(24)7-11-20/h4-11,19,25H,12-15H2,1-3H3/t19-,23+/m1/s1. The van der Waals surface area contributed by atoms with Crippen molar-refractivity contribution in [2.45, 2.75) is 51.0 Å². The molecule has 5 nitrogen and oxygen atoms in total. The van der Waals surface area contributed by atoms with Crippen molar-refractivity contribution in [2.75, 3.05) is 11.3 Å². The average molecular weight is 431 g/mol. The third-order valence-corrected chi connectivity index (χ3v) is 7.58. The Balaban J connectivity index is 1.49. The summed E-state index contributed by atoms with van der Waals surface area (Å²) in [5.74, 6) is -0.505. The van der Waals surface area contributed by atoms with Gasteiger partial charge in [0, 0.05) is 23.8 Å². The summed E-state index contributed by atoms with van der Waals surface area (Å²) in [5.41, 5.74) is 1.29. The first kappa shape index (κ1) is 20.8. The monoisotopic (exact) mass is 430 g/mol. The molecule has 0 radical (unpaired) electrons. The zero-order chi connectivity index (χ0) is 21.7. The van der Waals surface area contributed by atoms with Gasteiger partial charge in [-0.1, -0.05) is 20.8 Å². The number of hydrogen-bond acceptors (Lipinski definition) is 3. The normalized spacial score (nSPS) is 25.2. The van der Waals surface area contributed by atoms with Crippen molar-refractivity contribution in [2.24, 2.45) is 10.8 Å². The van der Waals surface area contributed by atoms with E-state index in [0.717, 1.165) is 37.9 Å². The van der Waals surface area contributed by atoms with Crippen molar-refractivity contribution < 1.29 is 17.6 Å². The highest BCUT2D eigenvalue weighted by Crippen LogP contribution is 2.52. The summed E-state index contributed by atoms with van der Waals surface area (Å²) in [4.78, 5) is 15.1. The molecule has 4 rings (SSSR count). The first-order chi connectivity index (χ1) is 14.0. The van der Waals surface area contributed by atoms with Gasteiger partial charge in [-0.25, -0.2) is 12.8 Å². The Kier molecular flexibility index (Phi) is 4.92. The number of likely N-dealkylation sites (tertiary alicyclic amines) is 1. The van der Waals surface area contributed by atoms with Crippen LogP contribution in [0.15, 0.2) is 53.4 Å². The van der Waals surface area contributed by atoms with Gasteiger partial charge < -0.3 is 4.90 Å². The van der Waals surface area contributed by atoms with E-state index >= 15 is 0 Å². The minimum Gasteiger partial charge on any atom is -0.335 e. The van der Waals surface area contributed by atoms with E-state index in [1.54, 1.807) is 24.3 Å². The summed E-state index contributed by atoms with van der Waals surface area (Å²) in [6, 6.07) is 11.4. The molecule has 0 aromatic heterocycles. The van der Waals surface area contributed by atoms with Gasteiger partial charge in [0.1, 0.15) is 5.82 Å². The van der Waals surface area contributed by atoms with Crippen molar-refractivity contribution in [3.8, 4) is 0 Å². The Bertz CT molecular complexity index is 1060. The molecule has 2 aromatic rings. The Morgan fingerprint density at radius 2 is 1.67 bits per heavy atom. The number of rotatable bonds is 4. The van der Waals surface area contributed by atoms with Gasteiger partial charge >= 0.3 is 0 Å². The minimum atomic E-state index is -3.82. The van der Waals surface area contributed by atoms with Crippen molar-refractivity contribution in [1.82, 2.24) is 4.90 Å². The van der Waals surface area contributed by atoms with Crippen LogP contribution in [-0.2, 0) is 10.0 Å². The predicted octanol–water partition coefficient (Wildman–Crippen LogP) is 4.67. The molecular formula is C23H27FN2O3S. The Labute approximate surface area is 177 Å². The van der Waals surface area contributed by atoms with E-state index in [1.165, 1.54) is 12.1 Å². The lowest BCUT2D eigenvalue weighted by Crippen LogP contribution is -2.37. The van der Waals surface area contributed by atoms with Gasteiger partial charge in [-0.3, -0.25) is 9.52 Å². The van der Waals surface area contributed by atoms with Gasteiger partial charge in [-0.15, -0.1) is 0 Å². The predicted molar refractivity (Wildman–Crippen MR) is 114 cm³/mol. The highest BCUT2D eigenvalue weighted by Gasteiger charge is 2.51. The molecule has 1 amide bonds. The highest BCUT2D eigenvalue weighted by atomic mass is 32.2. The molecule has 0 unspecified atom stereocenters. The topological polar surface area (TPSA) is 66.5 Å². The van der Waals surface area contributed by atoms with Gasteiger partial charge in [-0.2, -0.15) is 0 Å². The Morgan fingerprint density at radius 1 is 1.03 bits per heavy atom. The zero-order valence-corrected chi connectivity index (χ0v) is 18.3. The van der Waals surface area contributed by atoms with Crippen molar-refractivity contribution >= 4 is 21.6 Å². The van der Waals surface area contributed by atoms with Gasteiger partial charge in [0.2, 0.25) is 0 Å². The van der Waals surface area contributed by atoms with Crippen LogP contribution in [0, 0.1) is 16.6 Å². The lowest BCUT2D eigenvalue weighted by Gasteiger charge is -2.39. The number of amides is 1. The molecule has 30 heavy (non-hydrogen) atoms. The van der Waals surface area contributed by atoms with Crippen LogP contribution < -0.4 is 4.72 Å². The van der Waals surface area contributed by atoms with Crippen LogP contribution in [0.5, 0.6) is 0 Å². The lowest BCUT2D eigenvalue weighted by atomic mass is 9.65. The Hall–Kier alpha value is -2.41. The number of fused-ring (bicyclic) bond motifs is 2. The molecular weight excluding hydrogens is 403 g/mol. The van der Waals surface area contributed by atoms with Crippen LogP contribution in [0.1, 0.15) is 50.4 Å². The number of halogens is 1. The lowest BCUT2D eigenvalue weighted by molar-refractivity contribution is 0.0708. The van der Waals surface area contributed by atoms with Crippen LogP contribution in [0.4, 0.5) is 10.1 Å². The number of nitrogens with one attached hydrogen (secondary N) is 1. The molecule has 1 aliphatic heterocycles. The van der Waals surface area contributed by atoms with E-state index in [4.69, 9.17) is 0 Å². The molecule has 1 saturated heterocycles. The molecule has 1 heterocycles. The quantitative estimate of drug-likeness (QED) is 0.767. The fourth-order valence-electron chi connectivity index (χ4n) is 5.37. The van der Waals surface area contributed by atoms with Crippen LogP contribution in [0.2, 0.25) is 0 Å². The third-order valence-electron chi connectivity index (χ3n) is 6.18. The van der Waals surface area contributed by atoms with Crippen LogP contribution in [0.3, 0.4) is 0 Å². The Morgan fingerprint density at radius 3 is 2.30 bits per heavy atom. The first-order valence-electron chi connectivity index (χ1n) is 10.2. The fourth-order valence-corrected chi connectivity index (χ4v) is 6.43. The van der Waals surface area contributed by atoms with Gasteiger partial charge in [0.05, 0.1) is 4.90 Å². The largest absolute Gasteiger partial charge is 0.335 e. The van der Waals surface area contributed by atoms with E-state index in [9.17, 15) is 17.6 Å². The molecule has 0 spiro atoms. The maximum atomic E-state index is 13.1. The van der Waals surface area contributed by atoms with E-state index in [2.05, 4.69) is 25.5 Å². The second-order valence-corrected chi connectivity index (χ2v) is 11.5. The van der Waals surface area contributed by atoms with Gasteiger partial charge in [0.15, 0.2) is 0 Å². The third kappa shape index (κ3) is 4.08. The summed E-state index contributed by atoms with van der Waals surface area (Å²) >= 11 is 0. The van der Waals surface area contributed by atoms with Crippen molar-refractivity contribution in [1.29, 1.82) is 0 Å². The second-order valence-electron chi connectivity index (χ2n) is 9.78. The number of sulfonamides is 1. The molecule has 1 aliphatic carbocycles. The van der Waals surface area contributed by atoms with Crippen LogP contribution >= 0.6 is 0 Å². The second kappa shape index (κ2) is 7.08. The zero-order valence-electron chi connectivity index (χ0n) is 17.5. The molecule has 2 atom stereocenters. The summed E-state index contributed by atoms with van der Waals surface area (Å²) in [5, 5.41) is 0. The highest BCUT2D eigenvalue weighted by molar-refractivity contribution is 7.92. The maximum Gasteiger partial charge on any atom is 0.261 e. The van der Waals surface area contributed by atoms with Crippen LogP contribution in [-0.4, -0.2) is 31.8 Å². The number of carbonyl (C=O) groups excluding carboxylic acids is 1. The summed E-state index contributed by atoms with van der Waals surface area (Å²) in [6.07, 6.45) is 3.16. The van der Waals surface area contributed by atoms with Gasteiger partial charge in [-0.05, 0) is 78.6 Å². The molecule has 1 saturated carbocycles. The van der Waals surface area contributed by atoms with Crippen LogP contribution in [0.25, 0.3) is 0 Å². The smallest absolute Gasteiger partial charge is 0.261 e. The van der Waals surface area contributed by atoms with E-state index < -0.39 is 15.8 Å². The SMILES string of the molecule is CC1(C)C[C@@H]2C[C@](C)(CN2C(=O)c2ccc(NS(=O)(=O)c3ccc(F)cc3)cc2)C1. The van der Waals surface area contributed by atoms with Crippen molar-refractivity contribution in [3.63, 3.8) is 0 Å². The minimum absolute atomic E-state index is 0.00522. The van der Waals surface area contributed by atoms with E-state index in [0.29, 0.717) is 11.3 Å². The van der Waals surface area contributed by atoms with E-state index in [-0.39, 0.29) is 27.7 Å². The molecule has 2 aromatic carbocycles. The number of carbonyl (C=O) groups is 1. The van der Waals surface area contributed by atoms with E-state index in [1.807, 2.05) is 4.90 Å². The molecule has 2 bridgehead atoms. The summed E-state index contributed by atoms with van der Waals surface area (Å²) < 4.78 is 40.4. The number of nitrogens with zero attached hydrogens (tertiary/aromatic N) is 1. The number of anilines is 1. The maximum absolute atomic E-state index is 13.1. The molecule has 160 valence electrons. The summed E-state index contributed by atoms with van der Waals surface area (Å²) in [6.45, 7) is 7.57. The molecule has 2 aliphatic rings. The fraction of sp³-hybridized carbons (Fsp3) is 0.435. The summed E-state index contributed by atoms with van der Waals surface area (Å²) in [7, 11) is -3.82. The number of benzene rings is 2. The van der Waals surface area contributed by atoms with Crippen molar-refractivity contribution in [3.05, 3.63) is 59.9 Å². The number of hydrogen-bond donors (Lipinski definition) is 1. The molecule has 2 fully saturated rings. The first-order valence-corrected chi connectivity index (χ1v) is 11.6.